The van der Waals surface area contributed by atoms with Gasteiger partial charge >= 0.3 is 7.68 Å². The first-order chi connectivity index (χ1) is 8.93. The largest absolute Gasteiger partial charge is 0.502 e. The lowest BCUT2D eigenvalue weighted by molar-refractivity contribution is 0.312. The summed E-state index contributed by atoms with van der Waals surface area (Å²) in [6.07, 6.45) is 1.28. The molecule has 0 bridgehead atoms. The van der Waals surface area contributed by atoms with Crippen molar-refractivity contribution < 1.29 is 27.9 Å². The van der Waals surface area contributed by atoms with Gasteiger partial charge in [-0.15, -0.1) is 0 Å². The van der Waals surface area contributed by atoms with E-state index in [1.165, 1.54) is 32.4 Å². The van der Waals surface area contributed by atoms with Crippen molar-refractivity contribution in [2.24, 2.45) is 0 Å². The molecule has 0 aliphatic carbocycles. The zero-order chi connectivity index (χ0) is 14.5. The molecule has 19 heavy (non-hydrogen) atoms. The molecule has 0 saturated carbocycles. The molecule has 106 valence electrons. The highest BCUT2D eigenvalue weighted by Crippen LogP contribution is 2.50. The van der Waals surface area contributed by atoms with Crippen LogP contribution in [0.25, 0.3) is 6.08 Å². The normalized spacial score (nSPS) is 14.3. The van der Waals surface area contributed by atoms with Crippen LogP contribution in [0.15, 0.2) is 17.9 Å². The Morgan fingerprint density at radius 3 is 2.26 bits per heavy atom. The first-order valence-corrected chi connectivity index (χ1v) is 7.10. The lowest BCUT2D eigenvalue weighted by atomic mass is 10.2. The number of hydrogen-bond acceptors (Lipinski definition) is 5. The van der Waals surface area contributed by atoms with Crippen molar-refractivity contribution in [2.75, 3.05) is 20.8 Å². The number of aromatic hydroxyl groups is 1. The molecule has 5 nitrogen and oxygen atoms in total. The van der Waals surface area contributed by atoms with Crippen LogP contribution >= 0.6 is 7.68 Å². The van der Waals surface area contributed by atoms with Gasteiger partial charge in [0.2, 0.25) is 5.75 Å². The Kier molecular flexibility index (Phi) is 5.39. The minimum atomic E-state index is -4.24. The summed E-state index contributed by atoms with van der Waals surface area (Å²) in [5.41, 5.74) is 0.462. The highest BCUT2D eigenvalue weighted by Gasteiger charge is 2.16. The van der Waals surface area contributed by atoms with E-state index >= 15 is 0 Å². The molecule has 0 heterocycles. The van der Waals surface area contributed by atoms with Crippen LogP contribution in [0.5, 0.6) is 17.2 Å². The number of ether oxygens (including phenoxy) is 2. The maximum absolute atomic E-state index is 13.4. The van der Waals surface area contributed by atoms with E-state index in [1.807, 2.05) is 0 Å². The van der Waals surface area contributed by atoms with Crippen LogP contribution < -0.4 is 9.47 Å². The summed E-state index contributed by atoms with van der Waals surface area (Å²) in [5.74, 6) is 1.03. The SMILES string of the molecule is CCOP(=O)(F)/C=C/c1cc(OC)c(O)c(OC)c1. The molecule has 0 aliphatic rings. The van der Waals surface area contributed by atoms with Crippen molar-refractivity contribution in [1.82, 2.24) is 0 Å². The molecule has 0 spiro atoms. The summed E-state index contributed by atoms with van der Waals surface area (Å²) in [4.78, 5) is 0. The molecule has 0 saturated heterocycles. The summed E-state index contributed by atoms with van der Waals surface area (Å²) in [6, 6.07) is 2.92. The van der Waals surface area contributed by atoms with Gasteiger partial charge in [0.1, 0.15) is 0 Å². The highest BCUT2D eigenvalue weighted by atomic mass is 31.2. The number of halogens is 1. The highest BCUT2D eigenvalue weighted by molar-refractivity contribution is 7.57. The summed E-state index contributed by atoms with van der Waals surface area (Å²) < 4.78 is 39.0. The van der Waals surface area contributed by atoms with Crippen molar-refractivity contribution in [3.05, 3.63) is 23.5 Å². The standard InChI is InChI=1S/C12H16FO5P/c1-4-18-19(13,15)6-5-9-7-10(16-2)12(14)11(8-9)17-3/h5-8,14H,4H2,1-3H3/b6-5+. The third-order valence-corrected chi connectivity index (χ3v) is 3.37. The van der Waals surface area contributed by atoms with Crippen LogP contribution in [0, 0.1) is 0 Å². The van der Waals surface area contributed by atoms with Crippen molar-refractivity contribution in [1.29, 1.82) is 0 Å². The number of benzene rings is 1. The van der Waals surface area contributed by atoms with Gasteiger partial charge in [-0.3, -0.25) is 4.57 Å². The predicted molar refractivity (Wildman–Crippen MR) is 70.6 cm³/mol. The Balaban J connectivity index is 3.08. The van der Waals surface area contributed by atoms with Crippen molar-refractivity contribution in [3.63, 3.8) is 0 Å². The minimum absolute atomic E-state index is 0.0142. The molecule has 0 amide bonds. The van der Waals surface area contributed by atoms with E-state index in [0.717, 1.165) is 5.82 Å². The number of rotatable bonds is 6. The van der Waals surface area contributed by atoms with E-state index in [-0.39, 0.29) is 23.9 Å². The van der Waals surface area contributed by atoms with E-state index < -0.39 is 7.68 Å². The quantitative estimate of drug-likeness (QED) is 0.811. The summed E-state index contributed by atoms with van der Waals surface area (Å²) in [6.45, 7) is 1.56. The van der Waals surface area contributed by atoms with Gasteiger partial charge in [0.25, 0.3) is 0 Å². The van der Waals surface area contributed by atoms with Gasteiger partial charge in [-0.05, 0) is 30.7 Å². The molecular weight excluding hydrogens is 274 g/mol. The fraction of sp³-hybridized carbons (Fsp3) is 0.333. The van der Waals surface area contributed by atoms with E-state index in [9.17, 15) is 13.9 Å². The summed E-state index contributed by atoms with van der Waals surface area (Å²) >= 11 is 0. The summed E-state index contributed by atoms with van der Waals surface area (Å²) in [5, 5.41) is 9.70. The Labute approximate surface area is 111 Å². The lowest BCUT2D eigenvalue weighted by Crippen LogP contribution is -1.90. The molecule has 0 fully saturated rings. The average Bonchev–Trinajstić information content (AvgIpc) is 2.37. The Bertz CT molecular complexity index is 490. The third-order valence-electron chi connectivity index (χ3n) is 2.25. The minimum Gasteiger partial charge on any atom is -0.502 e. The smallest absolute Gasteiger partial charge is 0.390 e. The molecule has 7 heteroatoms. The van der Waals surface area contributed by atoms with Gasteiger partial charge in [-0.25, -0.2) is 0 Å². The molecule has 1 rings (SSSR count). The molecule has 1 N–H and O–H groups in total. The zero-order valence-electron chi connectivity index (χ0n) is 10.9. The van der Waals surface area contributed by atoms with Crippen molar-refractivity contribution in [3.8, 4) is 17.2 Å². The van der Waals surface area contributed by atoms with Gasteiger partial charge < -0.3 is 19.1 Å². The fourth-order valence-electron chi connectivity index (χ4n) is 1.40. The monoisotopic (exact) mass is 290 g/mol. The number of methoxy groups -OCH3 is 2. The number of phenolic OH excluding ortho intramolecular Hbond substituents is 1. The maximum atomic E-state index is 13.4. The molecule has 0 aromatic heterocycles. The van der Waals surface area contributed by atoms with E-state index in [0.29, 0.717) is 5.56 Å². The van der Waals surface area contributed by atoms with Crippen LogP contribution in [0.2, 0.25) is 0 Å². The molecule has 1 unspecified atom stereocenters. The van der Waals surface area contributed by atoms with Gasteiger partial charge in [0, 0.05) is 5.82 Å². The van der Waals surface area contributed by atoms with Crippen LogP contribution in [0.1, 0.15) is 12.5 Å². The second kappa shape index (κ2) is 6.59. The van der Waals surface area contributed by atoms with Crippen LogP contribution in [-0.4, -0.2) is 25.9 Å². The Hall–Kier alpha value is -1.52. The molecule has 1 aromatic rings. The lowest BCUT2D eigenvalue weighted by Gasteiger charge is -2.09. The van der Waals surface area contributed by atoms with Crippen molar-refractivity contribution >= 4 is 13.8 Å². The van der Waals surface area contributed by atoms with E-state index in [2.05, 4.69) is 4.52 Å². The number of phenols is 1. The summed E-state index contributed by atoms with van der Waals surface area (Å²) in [7, 11) is -1.49. The Morgan fingerprint density at radius 2 is 1.84 bits per heavy atom. The number of hydrogen-bond donors (Lipinski definition) is 1. The zero-order valence-corrected chi connectivity index (χ0v) is 11.8. The van der Waals surface area contributed by atoms with Crippen LogP contribution in [-0.2, 0) is 9.09 Å². The van der Waals surface area contributed by atoms with Gasteiger partial charge in [0.15, 0.2) is 11.5 Å². The topological polar surface area (TPSA) is 65.0 Å². The molecule has 0 radical (unpaired) electrons. The average molecular weight is 290 g/mol. The predicted octanol–water partition coefficient (Wildman–Crippen LogP) is 3.58. The van der Waals surface area contributed by atoms with Crippen LogP contribution in [0.4, 0.5) is 4.20 Å². The van der Waals surface area contributed by atoms with Crippen LogP contribution in [0.3, 0.4) is 0 Å². The first kappa shape index (κ1) is 15.5. The Morgan fingerprint density at radius 1 is 1.32 bits per heavy atom. The molecule has 1 aromatic carbocycles. The first-order valence-electron chi connectivity index (χ1n) is 5.51. The molecular formula is C12H16FO5P. The third kappa shape index (κ3) is 4.26. The fourth-order valence-corrected chi connectivity index (χ4v) is 2.19. The van der Waals surface area contributed by atoms with E-state index in [4.69, 9.17) is 9.47 Å². The second-order valence-corrected chi connectivity index (χ2v) is 5.13. The molecule has 0 aliphatic heterocycles. The molecule has 1 atom stereocenters. The van der Waals surface area contributed by atoms with Gasteiger partial charge in [0.05, 0.1) is 20.8 Å². The maximum Gasteiger partial charge on any atom is 0.390 e. The second-order valence-electron chi connectivity index (χ2n) is 3.53. The van der Waals surface area contributed by atoms with Gasteiger partial charge in [-0.2, -0.15) is 4.20 Å². The van der Waals surface area contributed by atoms with E-state index in [1.54, 1.807) is 6.92 Å². The van der Waals surface area contributed by atoms with Gasteiger partial charge in [-0.1, -0.05) is 0 Å². The van der Waals surface area contributed by atoms with Crippen molar-refractivity contribution in [2.45, 2.75) is 6.92 Å².